The summed E-state index contributed by atoms with van der Waals surface area (Å²) in [6.45, 7) is 0.250. The molecule has 6 heteroatoms. The van der Waals surface area contributed by atoms with E-state index in [2.05, 4.69) is 15.3 Å². The molecule has 1 saturated carbocycles. The van der Waals surface area contributed by atoms with E-state index < -0.39 is 0 Å². The molecule has 2 aromatic rings. The zero-order valence-electron chi connectivity index (χ0n) is 14.4. The van der Waals surface area contributed by atoms with Crippen LogP contribution in [0.4, 0.5) is 11.5 Å². The quantitative estimate of drug-likeness (QED) is 0.875. The fourth-order valence-electron chi connectivity index (χ4n) is 3.33. The molecular formula is C19H24N4O2. The number of nitrogens with zero attached hydrogens (tertiary/aromatic N) is 3. The lowest BCUT2D eigenvalue weighted by molar-refractivity contribution is 0.0653. The van der Waals surface area contributed by atoms with Gasteiger partial charge in [0.1, 0.15) is 5.82 Å². The maximum atomic E-state index is 12.8. The molecule has 1 aliphatic carbocycles. The summed E-state index contributed by atoms with van der Waals surface area (Å²) in [5.74, 6) is 1.05. The molecule has 0 radical (unpaired) electrons. The number of anilines is 2. The molecule has 1 aliphatic rings. The van der Waals surface area contributed by atoms with Crippen molar-refractivity contribution in [2.24, 2.45) is 5.92 Å². The Bertz CT molecular complexity index is 700. The van der Waals surface area contributed by atoms with E-state index in [0.717, 1.165) is 31.4 Å². The predicted molar refractivity (Wildman–Crippen MR) is 96.7 cm³/mol. The highest BCUT2D eigenvalue weighted by Crippen LogP contribution is 2.27. The Morgan fingerprint density at radius 1 is 1.28 bits per heavy atom. The van der Waals surface area contributed by atoms with Gasteiger partial charge in [0.15, 0.2) is 0 Å². The van der Waals surface area contributed by atoms with Gasteiger partial charge in [-0.3, -0.25) is 9.78 Å². The number of aliphatic hydroxyl groups is 1. The van der Waals surface area contributed by atoms with Crippen molar-refractivity contribution in [3.63, 3.8) is 0 Å². The Morgan fingerprint density at radius 3 is 2.76 bits per heavy atom. The van der Waals surface area contributed by atoms with Crippen LogP contribution in [0.2, 0.25) is 0 Å². The van der Waals surface area contributed by atoms with Crippen molar-refractivity contribution in [3.8, 4) is 0 Å². The van der Waals surface area contributed by atoms with E-state index in [1.165, 1.54) is 0 Å². The average Bonchev–Trinajstić information content (AvgIpc) is 2.68. The molecule has 0 atom stereocenters. The molecule has 1 heterocycles. The molecule has 0 unspecified atom stereocenters. The second-order valence-electron chi connectivity index (χ2n) is 6.57. The third kappa shape index (κ3) is 4.33. The number of rotatable bonds is 5. The molecule has 6 nitrogen and oxygen atoms in total. The molecule has 0 bridgehead atoms. The van der Waals surface area contributed by atoms with Crippen molar-refractivity contribution in [3.05, 3.63) is 48.4 Å². The summed E-state index contributed by atoms with van der Waals surface area (Å²) in [4.78, 5) is 22.9. The van der Waals surface area contributed by atoms with E-state index in [4.69, 9.17) is 0 Å². The standard InChI is InChI=1S/C19H24N4O2/c1-23(17-7-5-14(13-24)6-8-17)19(25)15-3-2-4-16(11-15)22-18-12-20-9-10-21-18/h2-4,9-12,14,17,24H,5-8,13H2,1H3,(H,21,22). The Labute approximate surface area is 147 Å². The predicted octanol–water partition coefficient (Wildman–Crippen LogP) is 2.84. The SMILES string of the molecule is CN(C(=O)c1cccc(Nc2cnccn2)c1)C1CCC(CO)CC1. The number of hydrogen-bond donors (Lipinski definition) is 2. The molecule has 132 valence electrons. The third-order valence-electron chi connectivity index (χ3n) is 4.89. The molecule has 2 N–H and O–H groups in total. The van der Waals surface area contributed by atoms with Gasteiger partial charge in [-0.2, -0.15) is 0 Å². The second-order valence-corrected chi connectivity index (χ2v) is 6.57. The van der Waals surface area contributed by atoms with Gasteiger partial charge in [-0.1, -0.05) is 6.07 Å². The number of amides is 1. The fraction of sp³-hybridized carbons (Fsp3) is 0.421. The summed E-state index contributed by atoms with van der Waals surface area (Å²) in [7, 11) is 1.87. The lowest BCUT2D eigenvalue weighted by atomic mass is 9.86. The number of benzene rings is 1. The van der Waals surface area contributed by atoms with Crippen LogP contribution in [-0.4, -0.2) is 45.6 Å². The third-order valence-corrected chi connectivity index (χ3v) is 4.89. The van der Waals surface area contributed by atoms with Crippen molar-refractivity contribution < 1.29 is 9.90 Å². The van der Waals surface area contributed by atoms with Crippen LogP contribution in [0.15, 0.2) is 42.9 Å². The van der Waals surface area contributed by atoms with Gasteiger partial charge in [-0.05, 0) is 49.8 Å². The summed E-state index contributed by atoms with van der Waals surface area (Å²) >= 11 is 0. The van der Waals surface area contributed by atoms with E-state index in [9.17, 15) is 9.90 Å². The van der Waals surface area contributed by atoms with Crippen LogP contribution >= 0.6 is 0 Å². The molecule has 1 fully saturated rings. The lowest BCUT2D eigenvalue weighted by Gasteiger charge is -2.34. The number of carbonyl (C=O) groups excluding carboxylic acids is 1. The summed E-state index contributed by atoms with van der Waals surface area (Å²) < 4.78 is 0. The van der Waals surface area contributed by atoms with Crippen LogP contribution in [-0.2, 0) is 0 Å². The van der Waals surface area contributed by atoms with Crippen molar-refractivity contribution in [1.82, 2.24) is 14.9 Å². The number of aromatic nitrogens is 2. The summed E-state index contributed by atoms with van der Waals surface area (Å²) in [5, 5.41) is 12.4. The Balaban J connectivity index is 1.66. The van der Waals surface area contributed by atoms with Crippen LogP contribution in [0.1, 0.15) is 36.0 Å². The molecule has 1 aromatic carbocycles. The second kappa shape index (κ2) is 8.07. The van der Waals surface area contributed by atoms with Crippen molar-refractivity contribution >= 4 is 17.4 Å². The monoisotopic (exact) mass is 340 g/mol. The first kappa shape index (κ1) is 17.4. The van der Waals surface area contributed by atoms with Gasteiger partial charge in [0.05, 0.1) is 6.20 Å². The maximum Gasteiger partial charge on any atom is 0.253 e. The van der Waals surface area contributed by atoms with Gasteiger partial charge in [0.2, 0.25) is 0 Å². The highest BCUT2D eigenvalue weighted by atomic mass is 16.3. The molecule has 1 aromatic heterocycles. The number of carbonyl (C=O) groups is 1. The first-order valence-electron chi connectivity index (χ1n) is 8.68. The van der Waals surface area contributed by atoms with Crippen LogP contribution < -0.4 is 5.32 Å². The highest BCUT2D eigenvalue weighted by molar-refractivity contribution is 5.95. The van der Waals surface area contributed by atoms with E-state index >= 15 is 0 Å². The van der Waals surface area contributed by atoms with E-state index in [-0.39, 0.29) is 18.6 Å². The molecule has 1 amide bonds. The first-order valence-corrected chi connectivity index (χ1v) is 8.68. The fourth-order valence-corrected chi connectivity index (χ4v) is 3.33. The summed E-state index contributed by atoms with van der Waals surface area (Å²) in [6.07, 6.45) is 8.73. The van der Waals surface area contributed by atoms with Crippen LogP contribution in [0, 0.1) is 5.92 Å². The molecule has 0 saturated heterocycles. The van der Waals surface area contributed by atoms with Gasteiger partial charge in [0.25, 0.3) is 5.91 Å². The Hall–Kier alpha value is -2.47. The molecular weight excluding hydrogens is 316 g/mol. The Morgan fingerprint density at radius 2 is 2.08 bits per heavy atom. The molecule has 0 aliphatic heterocycles. The van der Waals surface area contributed by atoms with Crippen molar-refractivity contribution in [2.45, 2.75) is 31.7 Å². The minimum Gasteiger partial charge on any atom is -0.396 e. The zero-order chi connectivity index (χ0) is 17.6. The van der Waals surface area contributed by atoms with Gasteiger partial charge < -0.3 is 15.3 Å². The zero-order valence-corrected chi connectivity index (χ0v) is 14.4. The molecule has 25 heavy (non-hydrogen) atoms. The average molecular weight is 340 g/mol. The summed E-state index contributed by atoms with van der Waals surface area (Å²) in [6, 6.07) is 7.68. The lowest BCUT2D eigenvalue weighted by Crippen LogP contribution is -2.39. The summed E-state index contributed by atoms with van der Waals surface area (Å²) in [5.41, 5.74) is 1.46. The van der Waals surface area contributed by atoms with E-state index in [1.807, 2.05) is 36.2 Å². The van der Waals surface area contributed by atoms with Gasteiger partial charge >= 0.3 is 0 Å². The van der Waals surface area contributed by atoms with Crippen molar-refractivity contribution in [1.29, 1.82) is 0 Å². The topological polar surface area (TPSA) is 78.4 Å². The largest absolute Gasteiger partial charge is 0.396 e. The van der Waals surface area contributed by atoms with Crippen LogP contribution in [0.5, 0.6) is 0 Å². The van der Waals surface area contributed by atoms with Crippen molar-refractivity contribution in [2.75, 3.05) is 19.0 Å². The van der Waals surface area contributed by atoms with Gasteiger partial charge in [-0.15, -0.1) is 0 Å². The minimum absolute atomic E-state index is 0.0234. The smallest absolute Gasteiger partial charge is 0.253 e. The van der Waals surface area contributed by atoms with Gasteiger partial charge in [0, 0.05) is 43.3 Å². The highest BCUT2D eigenvalue weighted by Gasteiger charge is 2.26. The minimum atomic E-state index is 0.0234. The molecule has 0 spiro atoms. The van der Waals surface area contributed by atoms with E-state index in [1.54, 1.807) is 18.6 Å². The van der Waals surface area contributed by atoms with E-state index in [0.29, 0.717) is 17.3 Å². The van der Waals surface area contributed by atoms with Gasteiger partial charge in [-0.25, -0.2) is 4.98 Å². The number of hydrogen-bond acceptors (Lipinski definition) is 5. The van der Waals surface area contributed by atoms with Crippen LogP contribution in [0.3, 0.4) is 0 Å². The first-order chi connectivity index (χ1) is 12.2. The molecule has 3 rings (SSSR count). The normalized spacial score (nSPS) is 20.1. The number of aliphatic hydroxyl groups excluding tert-OH is 1. The van der Waals surface area contributed by atoms with Crippen LogP contribution in [0.25, 0.3) is 0 Å². The maximum absolute atomic E-state index is 12.8. The Kier molecular flexibility index (Phi) is 5.60. The number of nitrogens with one attached hydrogen (secondary N) is 1.